The highest BCUT2D eigenvalue weighted by Gasteiger charge is 2.21. The maximum absolute atomic E-state index is 13.1. The summed E-state index contributed by atoms with van der Waals surface area (Å²) >= 11 is 6.73. The first-order chi connectivity index (χ1) is 12.8. The number of fused-ring (bicyclic) bond motifs is 1. The van der Waals surface area contributed by atoms with Crippen molar-refractivity contribution in [3.05, 3.63) is 58.7 Å². The zero-order chi connectivity index (χ0) is 19.6. The molecule has 0 unspecified atom stereocenters. The zero-order valence-electron chi connectivity index (χ0n) is 14.6. The van der Waals surface area contributed by atoms with E-state index in [0.717, 1.165) is 20.8 Å². The van der Waals surface area contributed by atoms with Gasteiger partial charge >= 0.3 is 0 Å². The van der Waals surface area contributed by atoms with Gasteiger partial charge in [-0.2, -0.15) is 0 Å². The summed E-state index contributed by atoms with van der Waals surface area (Å²) in [4.78, 5) is 12.4. The van der Waals surface area contributed by atoms with E-state index in [2.05, 4.69) is 37.2 Å². The second kappa shape index (κ2) is 8.16. The Kier molecular flexibility index (Phi) is 6.08. The predicted octanol–water partition coefficient (Wildman–Crippen LogP) is 5.06. The van der Waals surface area contributed by atoms with Crippen molar-refractivity contribution < 1.29 is 13.2 Å². The largest absolute Gasteiger partial charge is 0.324 e. The molecule has 0 fully saturated rings. The van der Waals surface area contributed by atoms with E-state index >= 15 is 0 Å². The van der Waals surface area contributed by atoms with Crippen molar-refractivity contribution in [3.63, 3.8) is 0 Å². The van der Waals surface area contributed by atoms with E-state index in [4.69, 9.17) is 0 Å². The number of anilines is 1. The van der Waals surface area contributed by atoms with Gasteiger partial charge in [-0.3, -0.25) is 4.79 Å². The minimum absolute atomic E-state index is 0.158. The molecule has 1 amide bonds. The molecule has 0 radical (unpaired) electrons. The van der Waals surface area contributed by atoms with Crippen LogP contribution < -0.4 is 5.32 Å². The molecule has 3 rings (SSSR count). The van der Waals surface area contributed by atoms with Crippen LogP contribution in [0.3, 0.4) is 0 Å². The smallest absolute Gasteiger partial charge is 0.268 e. The molecule has 0 atom stereocenters. The van der Waals surface area contributed by atoms with Gasteiger partial charge in [0.1, 0.15) is 0 Å². The number of amides is 1. The lowest BCUT2D eigenvalue weighted by Crippen LogP contribution is -2.15. The van der Waals surface area contributed by atoms with Crippen LogP contribution in [0.1, 0.15) is 18.4 Å². The van der Waals surface area contributed by atoms with Gasteiger partial charge in [0.25, 0.3) is 10.0 Å². The van der Waals surface area contributed by atoms with Crippen LogP contribution in [-0.4, -0.2) is 23.6 Å². The van der Waals surface area contributed by atoms with Gasteiger partial charge in [0.2, 0.25) is 5.91 Å². The van der Waals surface area contributed by atoms with Crippen LogP contribution in [0.15, 0.2) is 58.0 Å². The molecule has 2 aromatic carbocycles. The lowest BCUT2D eigenvalue weighted by Gasteiger charge is -2.13. The van der Waals surface area contributed by atoms with Crippen LogP contribution in [-0.2, 0) is 14.8 Å². The van der Waals surface area contributed by atoms with Gasteiger partial charge in [-0.1, -0.05) is 49.6 Å². The molecule has 0 spiro atoms. The quantitative estimate of drug-likeness (QED) is 0.468. The SMILES string of the molecule is Cc1ccc(S(=O)(=O)n2ccc3cc(Br)cc(NC(=O)CCCBr)c32)cc1. The fraction of sp³-hybridized carbons (Fsp3) is 0.211. The summed E-state index contributed by atoms with van der Waals surface area (Å²) in [6, 6.07) is 12.0. The number of halogens is 2. The normalized spacial score (nSPS) is 11.7. The zero-order valence-corrected chi connectivity index (χ0v) is 18.6. The van der Waals surface area contributed by atoms with Gasteiger partial charge in [0.15, 0.2) is 0 Å². The van der Waals surface area contributed by atoms with Gasteiger partial charge in [-0.05, 0) is 43.7 Å². The lowest BCUT2D eigenvalue weighted by atomic mass is 10.2. The molecule has 1 heterocycles. The second-order valence-corrected chi connectivity index (χ2v) is 9.69. The third kappa shape index (κ3) is 4.28. The molecule has 1 aromatic heterocycles. The maximum atomic E-state index is 13.1. The summed E-state index contributed by atoms with van der Waals surface area (Å²) in [6.07, 6.45) is 2.57. The third-order valence-corrected chi connectivity index (χ3v) is 6.81. The molecule has 0 aliphatic carbocycles. The molecular formula is C19H18Br2N2O3S. The maximum Gasteiger partial charge on any atom is 0.268 e. The Labute approximate surface area is 175 Å². The molecule has 1 N–H and O–H groups in total. The Morgan fingerprint density at radius 2 is 1.85 bits per heavy atom. The van der Waals surface area contributed by atoms with Gasteiger partial charge in [0, 0.05) is 27.8 Å². The van der Waals surface area contributed by atoms with E-state index in [9.17, 15) is 13.2 Å². The molecular weight excluding hydrogens is 496 g/mol. The molecule has 0 saturated heterocycles. The predicted molar refractivity (Wildman–Crippen MR) is 115 cm³/mol. The Bertz CT molecular complexity index is 1090. The average Bonchev–Trinajstić information content (AvgIpc) is 3.05. The topological polar surface area (TPSA) is 68.2 Å². The molecule has 8 heteroatoms. The number of nitrogens with one attached hydrogen (secondary N) is 1. The monoisotopic (exact) mass is 512 g/mol. The van der Waals surface area contributed by atoms with Gasteiger partial charge in [-0.15, -0.1) is 0 Å². The molecule has 142 valence electrons. The summed E-state index contributed by atoms with van der Waals surface area (Å²) in [5.74, 6) is -0.158. The summed E-state index contributed by atoms with van der Waals surface area (Å²) in [5, 5.41) is 4.29. The van der Waals surface area contributed by atoms with E-state index in [1.165, 1.54) is 10.2 Å². The molecule has 27 heavy (non-hydrogen) atoms. The van der Waals surface area contributed by atoms with Gasteiger partial charge in [0.05, 0.1) is 16.1 Å². The minimum atomic E-state index is -3.78. The summed E-state index contributed by atoms with van der Waals surface area (Å²) in [5.41, 5.74) is 1.89. The van der Waals surface area contributed by atoms with E-state index in [-0.39, 0.29) is 10.8 Å². The summed E-state index contributed by atoms with van der Waals surface area (Å²) < 4.78 is 28.3. The van der Waals surface area contributed by atoms with Crippen molar-refractivity contribution >= 4 is 64.4 Å². The van der Waals surface area contributed by atoms with Gasteiger partial charge in [-0.25, -0.2) is 12.4 Å². The number of rotatable bonds is 6. The third-order valence-electron chi connectivity index (χ3n) is 4.10. The minimum Gasteiger partial charge on any atom is -0.324 e. The first-order valence-electron chi connectivity index (χ1n) is 8.31. The van der Waals surface area contributed by atoms with Crippen molar-refractivity contribution in [2.24, 2.45) is 0 Å². The van der Waals surface area contributed by atoms with Crippen LogP contribution in [0, 0.1) is 6.92 Å². The highest BCUT2D eigenvalue weighted by molar-refractivity contribution is 9.10. The van der Waals surface area contributed by atoms with Crippen LogP contribution in [0.5, 0.6) is 0 Å². The Hall–Kier alpha value is -1.64. The molecule has 0 saturated carbocycles. The average molecular weight is 514 g/mol. The van der Waals surface area contributed by atoms with Crippen molar-refractivity contribution in [1.82, 2.24) is 3.97 Å². The van der Waals surface area contributed by atoms with Crippen molar-refractivity contribution in [1.29, 1.82) is 0 Å². The Morgan fingerprint density at radius 3 is 2.52 bits per heavy atom. The van der Waals surface area contributed by atoms with Crippen LogP contribution in [0.2, 0.25) is 0 Å². The molecule has 0 aliphatic heterocycles. The number of hydrogen-bond acceptors (Lipinski definition) is 3. The number of hydrogen-bond donors (Lipinski definition) is 1. The van der Waals surface area contributed by atoms with Crippen LogP contribution >= 0.6 is 31.9 Å². The molecule has 0 bridgehead atoms. The highest BCUT2D eigenvalue weighted by atomic mass is 79.9. The number of carbonyl (C=O) groups is 1. The fourth-order valence-corrected chi connectivity index (χ4v) is 4.90. The second-order valence-electron chi connectivity index (χ2n) is 6.16. The molecule has 5 nitrogen and oxygen atoms in total. The number of aryl methyl sites for hydroxylation is 1. The summed E-state index contributed by atoms with van der Waals surface area (Å²) in [7, 11) is -3.78. The standard InChI is InChI=1S/C19H18Br2N2O3S/c1-13-4-6-16(7-5-13)27(25,26)23-10-8-14-11-15(21)12-17(19(14)23)22-18(24)3-2-9-20/h4-8,10-12H,2-3,9H2,1H3,(H,22,24). The van der Waals surface area contributed by atoms with Gasteiger partial charge < -0.3 is 5.32 Å². The van der Waals surface area contributed by atoms with Crippen molar-refractivity contribution in [2.75, 3.05) is 10.6 Å². The van der Waals surface area contributed by atoms with Crippen molar-refractivity contribution in [3.8, 4) is 0 Å². The van der Waals surface area contributed by atoms with Crippen LogP contribution in [0.4, 0.5) is 5.69 Å². The van der Waals surface area contributed by atoms with E-state index in [0.29, 0.717) is 24.0 Å². The first kappa shape index (κ1) is 20.1. The van der Waals surface area contributed by atoms with Crippen molar-refractivity contribution in [2.45, 2.75) is 24.7 Å². The Balaban J connectivity index is 2.11. The van der Waals surface area contributed by atoms with E-state index in [1.54, 1.807) is 36.4 Å². The van der Waals surface area contributed by atoms with E-state index < -0.39 is 10.0 Å². The number of benzene rings is 2. The Morgan fingerprint density at radius 1 is 1.15 bits per heavy atom. The lowest BCUT2D eigenvalue weighted by molar-refractivity contribution is -0.116. The van der Waals surface area contributed by atoms with E-state index in [1.807, 2.05) is 13.0 Å². The fourth-order valence-electron chi connectivity index (χ4n) is 2.78. The highest BCUT2D eigenvalue weighted by Crippen LogP contribution is 2.32. The first-order valence-corrected chi connectivity index (χ1v) is 11.7. The summed E-state index contributed by atoms with van der Waals surface area (Å²) in [6.45, 7) is 1.90. The molecule has 0 aliphatic rings. The number of alkyl halides is 1. The number of carbonyl (C=O) groups excluding carboxylic acids is 1. The number of aromatic nitrogens is 1. The van der Waals surface area contributed by atoms with Crippen LogP contribution in [0.25, 0.3) is 10.9 Å². The molecule has 3 aromatic rings. The number of nitrogens with zero attached hydrogens (tertiary/aromatic N) is 1.